The number of fused-ring (bicyclic) bond motifs is 1. The molecule has 0 saturated carbocycles. The van der Waals surface area contributed by atoms with Crippen LogP contribution in [-0.4, -0.2) is 30.6 Å². The number of ether oxygens (including phenoxy) is 1. The lowest BCUT2D eigenvalue weighted by atomic mass is 10.2. The Labute approximate surface area is 150 Å². The van der Waals surface area contributed by atoms with Gasteiger partial charge in [-0.25, -0.2) is 24.1 Å². The zero-order valence-corrected chi connectivity index (χ0v) is 15.1. The molecule has 3 rings (SSSR count). The zero-order valence-electron chi connectivity index (χ0n) is 15.1. The third kappa shape index (κ3) is 3.58. The molecule has 0 aromatic carbocycles. The van der Waals surface area contributed by atoms with Crippen molar-refractivity contribution in [2.45, 2.75) is 39.3 Å². The monoisotopic (exact) mass is 355 g/mol. The van der Waals surface area contributed by atoms with E-state index in [1.54, 1.807) is 70.4 Å². The fourth-order valence-corrected chi connectivity index (χ4v) is 2.54. The molecule has 0 radical (unpaired) electrons. The van der Waals surface area contributed by atoms with Crippen LogP contribution in [0.2, 0.25) is 0 Å². The highest BCUT2D eigenvalue weighted by Gasteiger charge is 2.23. The first-order valence-corrected chi connectivity index (χ1v) is 8.27. The van der Waals surface area contributed by atoms with E-state index in [-0.39, 0.29) is 5.69 Å². The van der Waals surface area contributed by atoms with Crippen LogP contribution in [0.1, 0.15) is 39.6 Å². The lowest BCUT2D eigenvalue weighted by Gasteiger charge is -2.23. The Morgan fingerprint density at radius 3 is 2.65 bits per heavy atom. The number of carbonyl (C=O) groups excluding carboxylic acids is 1. The highest BCUT2D eigenvalue weighted by Crippen LogP contribution is 2.15. The maximum atomic E-state index is 12.9. The van der Waals surface area contributed by atoms with Crippen molar-refractivity contribution in [1.82, 2.24) is 24.3 Å². The minimum absolute atomic E-state index is 0.313. The highest BCUT2D eigenvalue weighted by molar-refractivity contribution is 5.68. The SMILES string of the molecule is CC(NC(=O)OC(C)(C)C)c1nc2cccn2c(=O)n1-c1ccccn1. The summed E-state index contributed by atoms with van der Waals surface area (Å²) in [5, 5.41) is 2.73. The molecular weight excluding hydrogens is 334 g/mol. The Bertz CT molecular complexity index is 985. The topological polar surface area (TPSA) is 90.5 Å². The summed E-state index contributed by atoms with van der Waals surface area (Å²) in [7, 11) is 0. The van der Waals surface area contributed by atoms with E-state index in [2.05, 4.69) is 15.3 Å². The third-order valence-electron chi connectivity index (χ3n) is 3.58. The van der Waals surface area contributed by atoms with Crippen molar-refractivity contribution in [3.05, 3.63) is 59.0 Å². The van der Waals surface area contributed by atoms with E-state index in [0.717, 1.165) is 0 Å². The number of nitrogens with one attached hydrogen (secondary N) is 1. The van der Waals surface area contributed by atoms with Gasteiger partial charge in [0, 0.05) is 12.4 Å². The van der Waals surface area contributed by atoms with E-state index in [4.69, 9.17) is 4.74 Å². The average molecular weight is 355 g/mol. The van der Waals surface area contributed by atoms with Crippen LogP contribution in [-0.2, 0) is 4.74 Å². The van der Waals surface area contributed by atoms with E-state index in [1.807, 2.05) is 0 Å². The van der Waals surface area contributed by atoms with E-state index in [0.29, 0.717) is 17.3 Å². The van der Waals surface area contributed by atoms with Gasteiger partial charge in [0.1, 0.15) is 22.9 Å². The number of alkyl carbamates (subject to hydrolysis) is 1. The number of pyridine rings is 1. The summed E-state index contributed by atoms with van der Waals surface area (Å²) in [6, 6.07) is 8.15. The largest absolute Gasteiger partial charge is 0.444 e. The van der Waals surface area contributed by atoms with Crippen LogP contribution in [0.15, 0.2) is 47.5 Å². The van der Waals surface area contributed by atoms with Gasteiger partial charge in [0.2, 0.25) is 0 Å². The smallest absolute Gasteiger partial charge is 0.408 e. The molecule has 1 atom stereocenters. The van der Waals surface area contributed by atoms with Crippen LogP contribution in [0.4, 0.5) is 4.79 Å². The van der Waals surface area contributed by atoms with Crippen LogP contribution >= 0.6 is 0 Å². The van der Waals surface area contributed by atoms with Gasteiger partial charge in [-0.05, 0) is 52.0 Å². The van der Waals surface area contributed by atoms with Crippen molar-refractivity contribution in [1.29, 1.82) is 0 Å². The first-order valence-electron chi connectivity index (χ1n) is 8.27. The molecule has 3 aromatic heterocycles. The van der Waals surface area contributed by atoms with Crippen molar-refractivity contribution in [2.24, 2.45) is 0 Å². The van der Waals surface area contributed by atoms with Gasteiger partial charge in [-0.15, -0.1) is 0 Å². The van der Waals surface area contributed by atoms with Gasteiger partial charge in [-0.1, -0.05) is 6.07 Å². The number of aromatic nitrogens is 4. The lowest BCUT2D eigenvalue weighted by Crippen LogP contribution is -2.38. The first-order chi connectivity index (χ1) is 12.3. The third-order valence-corrected chi connectivity index (χ3v) is 3.58. The summed E-state index contributed by atoms with van der Waals surface area (Å²) in [4.78, 5) is 33.8. The number of hydrogen-bond donors (Lipinski definition) is 1. The predicted octanol–water partition coefficient (Wildman–Crippen LogP) is 2.47. The van der Waals surface area contributed by atoms with Crippen molar-refractivity contribution in [2.75, 3.05) is 0 Å². The zero-order chi connectivity index (χ0) is 18.9. The van der Waals surface area contributed by atoms with Crippen molar-refractivity contribution in [3.63, 3.8) is 0 Å². The van der Waals surface area contributed by atoms with Gasteiger partial charge >= 0.3 is 11.8 Å². The van der Waals surface area contributed by atoms with Gasteiger partial charge < -0.3 is 10.1 Å². The van der Waals surface area contributed by atoms with E-state index in [1.165, 1.54) is 8.97 Å². The normalized spacial score (nSPS) is 12.8. The molecule has 0 fully saturated rings. The Morgan fingerprint density at radius 1 is 1.23 bits per heavy atom. The number of amides is 1. The summed E-state index contributed by atoms with van der Waals surface area (Å²) in [5.41, 5.74) is -0.440. The molecule has 0 bridgehead atoms. The molecule has 1 N–H and O–H groups in total. The van der Waals surface area contributed by atoms with Gasteiger partial charge in [-0.2, -0.15) is 0 Å². The summed E-state index contributed by atoms with van der Waals surface area (Å²) in [6.07, 6.45) is 2.65. The second-order valence-electron chi connectivity index (χ2n) is 6.88. The van der Waals surface area contributed by atoms with Crippen LogP contribution in [0.3, 0.4) is 0 Å². The van der Waals surface area contributed by atoms with E-state index >= 15 is 0 Å². The predicted molar refractivity (Wildman–Crippen MR) is 96.4 cm³/mol. The maximum Gasteiger partial charge on any atom is 0.408 e. The molecule has 8 nitrogen and oxygen atoms in total. The van der Waals surface area contributed by atoms with E-state index < -0.39 is 17.7 Å². The van der Waals surface area contributed by atoms with Crippen LogP contribution in [0.5, 0.6) is 0 Å². The van der Waals surface area contributed by atoms with Gasteiger partial charge in [0.05, 0.1) is 6.04 Å². The Hall–Kier alpha value is -3.16. The van der Waals surface area contributed by atoms with Crippen LogP contribution in [0.25, 0.3) is 11.5 Å². The second kappa shape index (κ2) is 6.62. The fraction of sp³-hybridized carbons (Fsp3) is 0.333. The minimum atomic E-state index is -0.622. The molecule has 3 heterocycles. The molecule has 0 spiro atoms. The summed E-state index contributed by atoms with van der Waals surface area (Å²) < 4.78 is 8.11. The lowest BCUT2D eigenvalue weighted by molar-refractivity contribution is 0.0505. The summed E-state index contributed by atoms with van der Waals surface area (Å²) in [5.74, 6) is 0.791. The van der Waals surface area contributed by atoms with Gasteiger partial charge in [0.25, 0.3) is 0 Å². The molecule has 0 aliphatic carbocycles. The number of carbonyl (C=O) groups is 1. The highest BCUT2D eigenvalue weighted by atomic mass is 16.6. The standard InChI is InChI=1S/C18H21N5O3/c1-12(20-16(24)26-18(2,3)4)15-21-14-9-7-11-22(14)17(25)23(15)13-8-5-6-10-19-13/h5-12H,1-4H3,(H,20,24). The number of nitrogens with zero attached hydrogens (tertiary/aromatic N) is 4. The molecule has 1 amide bonds. The number of hydrogen-bond acceptors (Lipinski definition) is 5. The first kappa shape index (κ1) is 17.7. The molecule has 1 unspecified atom stereocenters. The molecular formula is C18H21N5O3. The minimum Gasteiger partial charge on any atom is -0.444 e. The second-order valence-corrected chi connectivity index (χ2v) is 6.88. The quantitative estimate of drug-likeness (QED) is 0.779. The Balaban J connectivity index is 2.07. The molecule has 136 valence electrons. The van der Waals surface area contributed by atoms with E-state index in [9.17, 15) is 9.59 Å². The van der Waals surface area contributed by atoms with Crippen molar-refractivity contribution >= 4 is 11.7 Å². The Kier molecular flexibility index (Phi) is 4.50. The average Bonchev–Trinajstić information content (AvgIpc) is 3.02. The van der Waals surface area contributed by atoms with Crippen LogP contribution < -0.4 is 11.0 Å². The summed E-state index contributed by atoms with van der Waals surface area (Å²) in [6.45, 7) is 7.09. The molecule has 3 aromatic rings. The maximum absolute atomic E-state index is 12.9. The molecule has 8 heteroatoms. The summed E-state index contributed by atoms with van der Waals surface area (Å²) >= 11 is 0. The van der Waals surface area contributed by atoms with Crippen LogP contribution in [0, 0.1) is 0 Å². The Morgan fingerprint density at radius 2 is 2.00 bits per heavy atom. The van der Waals surface area contributed by atoms with Gasteiger partial charge in [0.15, 0.2) is 0 Å². The fourth-order valence-electron chi connectivity index (χ4n) is 2.54. The number of rotatable bonds is 3. The van der Waals surface area contributed by atoms with Gasteiger partial charge in [-0.3, -0.25) is 4.40 Å². The van der Waals surface area contributed by atoms with Crippen molar-refractivity contribution in [3.8, 4) is 5.82 Å². The van der Waals surface area contributed by atoms with Crippen molar-refractivity contribution < 1.29 is 9.53 Å². The molecule has 0 saturated heterocycles. The molecule has 0 aliphatic rings. The molecule has 0 aliphatic heterocycles. The molecule has 26 heavy (non-hydrogen) atoms.